The Hall–Kier alpha value is -1.10. The van der Waals surface area contributed by atoms with Crippen molar-refractivity contribution in [3.8, 4) is 0 Å². The van der Waals surface area contributed by atoms with Crippen LogP contribution in [0.2, 0.25) is 10.0 Å². The second-order valence-corrected chi connectivity index (χ2v) is 7.32. The number of fused-ring (bicyclic) bond motifs is 2. The molecule has 0 N–H and O–H groups in total. The Kier molecular flexibility index (Phi) is 4.31. The quantitative estimate of drug-likeness (QED) is 0.824. The summed E-state index contributed by atoms with van der Waals surface area (Å²) in [6, 6.07) is 3.89. The van der Waals surface area contributed by atoms with Crippen LogP contribution in [0.15, 0.2) is 12.1 Å². The standard InChI is InChI=1S/C17H20Cl2N4/c18-13-8-12-5-7-22(10-14(12)15(19)9-13)11-17-21-20-16-4-2-1-3-6-23(16)17/h8-9H,1-7,10-11H2. The number of hydrogen-bond donors (Lipinski definition) is 0. The number of halogens is 2. The van der Waals surface area contributed by atoms with Crippen molar-refractivity contribution in [3.63, 3.8) is 0 Å². The highest BCUT2D eigenvalue weighted by molar-refractivity contribution is 6.35. The van der Waals surface area contributed by atoms with Crippen LogP contribution < -0.4 is 0 Å². The summed E-state index contributed by atoms with van der Waals surface area (Å²) >= 11 is 12.5. The lowest BCUT2D eigenvalue weighted by Crippen LogP contribution is -2.31. The van der Waals surface area contributed by atoms with Crippen LogP contribution in [-0.2, 0) is 32.5 Å². The van der Waals surface area contributed by atoms with Gasteiger partial charge in [-0.15, -0.1) is 10.2 Å². The molecule has 0 unspecified atom stereocenters. The lowest BCUT2D eigenvalue weighted by molar-refractivity contribution is 0.235. The van der Waals surface area contributed by atoms with Gasteiger partial charge in [0.1, 0.15) is 11.6 Å². The molecule has 0 bridgehead atoms. The summed E-state index contributed by atoms with van der Waals surface area (Å²) < 4.78 is 2.33. The number of aromatic nitrogens is 3. The number of rotatable bonds is 2. The van der Waals surface area contributed by atoms with Gasteiger partial charge in [0.25, 0.3) is 0 Å². The molecule has 6 heteroatoms. The molecule has 0 aliphatic carbocycles. The highest BCUT2D eigenvalue weighted by atomic mass is 35.5. The van der Waals surface area contributed by atoms with Crippen LogP contribution in [0, 0.1) is 0 Å². The monoisotopic (exact) mass is 350 g/mol. The zero-order valence-electron chi connectivity index (χ0n) is 13.1. The Morgan fingerprint density at radius 3 is 2.83 bits per heavy atom. The Bertz CT molecular complexity index is 726. The molecule has 23 heavy (non-hydrogen) atoms. The Labute approximate surface area is 146 Å². The van der Waals surface area contributed by atoms with Crippen molar-refractivity contribution >= 4 is 23.2 Å². The van der Waals surface area contributed by atoms with Crippen LogP contribution in [0.5, 0.6) is 0 Å². The van der Waals surface area contributed by atoms with Crippen molar-refractivity contribution in [2.45, 2.75) is 51.7 Å². The SMILES string of the molecule is Clc1cc(Cl)c2c(c1)CCN(Cc1nnc3n1CCCCC3)C2. The second kappa shape index (κ2) is 6.42. The van der Waals surface area contributed by atoms with E-state index < -0.39 is 0 Å². The van der Waals surface area contributed by atoms with E-state index in [0.29, 0.717) is 0 Å². The fourth-order valence-corrected chi connectivity index (χ4v) is 4.23. The molecule has 2 aromatic rings. The molecule has 1 aromatic heterocycles. The molecule has 3 heterocycles. The molecule has 0 radical (unpaired) electrons. The molecule has 0 saturated carbocycles. The zero-order chi connectivity index (χ0) is 15.8. The van der Waals surface area contributed by atoms with Crippen molar-refractivity contribution in [1.29, 1.82) is 0 Å². The third kappa shape index (κ3) is 3.12. The van der Waals surface area contributed by atoms with Gasteiger partial charge >= 0.3 is 0 Å². The van der Waals surface area contributed by atoms with Crippen LogP contribution in [0.1, 0.15) is 42.0 Å². The van der Waals surface area contributed by atoms with Gasteiger partial charge < -0.3 is 4.57 Å². The van der Waals surface area contributed by atoms with Crippen molar-refractivity contribution in [3.05, 3.63) is 45.0 Å². The maximum absolute atomic E-state index is 6.39. The van der Waals surface area contributed by atoms with E-state index in [1.807, 2.05) is 12.1 Å². The molecule has 0 fully saturated rings. The fourth-order valence-electron chi connectivity index (χ4n) is 3.64. The first kappa shape index (κ1) is 15.4. The first-order valence-corrected chi connectivity index (χ1v) is 9.06. The van der Waals surface area contributed by atoms with E-state index in [9.17, 15) is 0 Å². The van der Waals surface area contributed by atoms with E-state index in [-0.39, 0.29) is 0 Å². The molecule has 0 amide bonds. The van der Waals surface area contributed by atoms with Crippen molar-refractivity contribution in [1.82, 2.24) is 19.7 Å². The van der Waals surface area contributed by atoms with Crippen molar-refractivity contribution in [2.24, 2.45) is 0 Å². The van der Waals surface area contributed by atoms with Crippen LogP contribution in [-0.4, -0.2) is 26.2 Å². The molecule has 4 rings (SSSR count). The summed E-state index contributed by atoms with van der Waals surface area (Å²) in [5.74, 6) is 2.25. The number of hydrogen-bond acceptors (Lipinski definition) is 3. The molecular formula is C17H20Cl2N4. The van der Waals surface area contributed by atoms with Crippen molar-refractivity contribution in [2.75, 3.05) is 6.54 Å². The maximum Gasteiger partial charge on any atom is 0.147 e. The summed E-state index contributed by atoms with van der Waals surface area (Å²) in [6.07, 6.45) is 5.78. The molecule has 1 aromatic carbocycles. The third-order valence-corrected chi connectivity index (χ3v) is 5.44. The summed E-state index contributed by atoms with van der Waals surface area (Å²) in [6.45, 7) is 3.75. The molecule has 0 atom stereocenters. The van der Waals surface area contributed by atoms with Gasteiger partial charge in [0.15, 0.2) is 0 Å². The summed E-state index contributed by atoms with van der Waals surface area (Å²) in [4.78, 5) is 2.41. The highest BCUT2D eigenvalue weighted by Crippen LogP contribution is 2.30. The van der Waals surface area contributed by atoms with Gasteiger partial charge in [0, 0.05) is 36.1 Å². The first-order valence-electron chi connectivity index (χ1n) is 8.31. The minimum absolute atomic E-state index is 0.727. The lowest BCUT2D eigenvalue weighted by Gasteiger charge is -2.29. The van der Waals surface area contributed by atoms with Gasteiger partial charge in [0.2, 0.25) is 0 Å². The Balaban J connectivity index is 1.54. The average molecular weight is 351 g/mol. The summed E-state index contributed by atoms with van der Waals surface area (Å²) in [7, 11) is 0. The molecule has 2 aliphatic heterocycles. The number of benzene rings is 1. The normalized spacial score (nSPS) is 18.3. The first-order chi connectivity index (χ1) is 11.2. The minimum Gasteiger partial charge on any atom is -0.314 e. The van der Waals surface area contributed by atoms with E-state index in [1.165, 1.54) is 30.4 Å². The van der Waals surface area contributed by atoms with Crippen LogP contribution in [0.25, 0.3) is 0 Å². The van der Waals surface area contributed by atoms with E-state index in [4.69, 9.17) is 23.2 Å². The maximum atomic E-state index is 6.39. The van der Waals surface area contributed by atoms with Gasteiger partial charge in [-0.25, -0.2) is 0 Å². The van der Waals surface area contributed by atoms with Crippen LogP contribution >= 0.6 is 23.2 Å². The van der Waals surface area contributed by atoms with Gasteiger partial charge in [-0.05, 0) is 42.5 Å². The molecule has 4 nitrogen and oxygen atoms in total. The predicted octanol–water partition coefficient (Wildman–Crippen LogP) is 3.87. The molecular weight excluding hydrogens is 331 g/mol. The molecule has 2 aliphatic rings. The second-order valence-electron chi connectivity index (χ2n) is 6.48. The number of aryl methyl sites for hydroxylation is 1. The predicted molar refractivity (Wildman–Crippen MR) is 91.9 cm³/mol. The van der Waals surface area contributed by atoms with Gasteiger partial charge in [-0.3, -0.25) is 4.90 Å². The largest absolute Gasteiger partial charge is 0.314 e. The van der Waals surface area contributed by atoms with E-state index in [0.717, 1.165) is 60.7 Å². The highest BCUT2D eigenvalue weighted by Gasteiger charge is 2.22. The number of nitrogens with zero attached hydrogens (tertiary/aromatic N) is 4. The Morgan fingerprint density at radius 1 is 1.00 bits per heavy atom. The zero-order valence-corrected chi connectivity index (χ0v) is 14.6. The summed E-state index contributed by atoms with van der Waals surface area (Å²) in [5, 5.41) is 10.3. The molecule has 0 spiro atoms. The van der Waals surface area contributed by atoms with Crippen molar-refractivity contribution < 1.29 is 0 Å². The smallest absolute Gasteiger partial charge is 0.147 e. The minimum atomic E-state index is 0.727. The van der Waals surface area contributed by atoms with E-state index in [2.05, 4.69) is 19.7 Å². The molecule has 0 saturated heterocycles. The third-order valence-electron chi connectivity index (χ3n) is 4.88. The van der Waals surface area contributed by atoms with Gasteiger partial charge in [-0.1, -0.05) is 29.6 Å². The topological polar surface area (TPSA) is 34.0 Å². The van der Waals surface area contributed by atoms with Crippen LogP contribution in [0.4, 0.5) is 0 Å². The van der Waals surface area contributed by atoms with E-state index >= 15 is 0 Å². The van der Waals surface area contributed by atoms with E-state index in [1.54, 1.807) is 0 Å². The van der Waals surface area contributed by atoms with Gasteiger partial charge in [-0.2, -0.15) is 0 Å². The lowest BCUT2D eigenvalue weighted by atomic mass is 10.00. The van der Waals surface area contributed by atoms with Crippen LogP contribution in [0.3, 0.4) is 0 Å². The average Bonchev–Trinajstić information content (AvgIpc) is 2.76. The van der Waals surface area contributed by atoms with Gasteiger partial charge in [0.05, 0.1) is 6.54 Å². The molecule has 122 valence electrons. The summed E-state index contributed by atoms with van der Waals surface area (Å²) in [5.41, 5.74) is 2.48. The fraction of sp³-hybridized carbons (Fsp3) is 0.529. The Morgan fingerprint density at radius 2 is 1.91 bits per heavy atom.